The fourth-order valence-electron chi connectivity index (χ4n) is 5.41. The lowest BCUT2D eigenvalue weighted by molar-refractivity contribution is 0.489. The van der Waals surface area contributed by atoms with Crippen LogP contribution >= 0.6 is 0 Å². The van der Waals surface area contributed by atoms with Crippen LogP contribution in [0.5, 0.6) is 0 Å². The third-order valence-corrected chi connectivity index (χ3v) is 7.38. The Kier molecular flexibility index (Phi) is 5.82. The monoisotopic (exact) mass is 501 g/mol. The van der Waals surface area contributed by atoms with Crippen molar-refractivity contribution in [1.29, 1.82) is 0 Å². The van der Waals surface area contributed by atoms with Crippen LogP contribution in [0.1, 0.15) is 31.2 Å². The number of hydrogen-bond donors (Lipinski definition) is 3. The Morgan fingerprint density at radius 1 is 0.895 bits per heavy atom. The molecule has 6 aromatic heterocycles. The molecule has 188 valence electrons. The average Bonchev–Trinajstić information content (AvgIpc) is 3.73. The van der Waals surface area contributed by atoms with Crippen LogP contribution in [-0.2, 0) is 6.54 Å². The van der Waals surface area contributed by atoms with E-state index < -0.39 is 0 Å². The number of nitrogens with one attached hydrogen (secondary N) is 3. The van der Waals surface area contributed by atoms with Gasteiger partial charge in [-0.3, -0.25) is 20.1 Å². The van der Waals surface area contributed by atoms with Crippen molar-refractivity contribution in [2.75, 3.05) is 6.54 Å². The highest BCUT2D eigenvalue weighted by molar-refractivity contribution is 5.96. The van der Waals surface area contributed by atoms with Crippen molar-refractivity contribution in [2.45, 2.75) is 32.2 Å². The maximum atomic E-state index is 4.77. The van der Waals surface area contributed by atoms with Gasteiger partial charge in [-0.05, 0) is 66.8 Å². The summed E-state index contributed by atoms with van der Waals surface area (Å²) in [6, 6.07) is 10.1. The summed E-state index contributed by atoms with van der Waals surface area (Å²) in [6.07, 6.45) is 16.4. The summed E-state index contributed by atoms with van der Waals surface area (Å²) in [5.41, 5.74) is 8.11. The van der Waals surface area contributed by atoms with E-state index in [9.17, 15) is 0 Å². The molecule has 6 heterocycles. The van der Waals surface area contributed by atoms with Gasteiger partial charge in [0.25, 0.3) is 0 Å². The minimum absolute atomic E-state index is 0.641. The summed E-state index contributed by atoms with van der Waals surface area (Å²) in [4.78, 5) is 26.0. The lowest BCUT2D eigenvalue weighted by Crippen LogP contribution is -2.20. The Morgan fingerprint density at radius 3 is 2.68 bits per heavy atom. The topological polar surface area (TPSA) is 121 Å². The van der Waals surface area contributed by atoms with E-state index in [-0.39, 0.29) is 0 Å². The van der Waals surface area contributed by atoms with Gasteiger partial charge in [-0.2, -0.15) is 5.10 Å². The molecule has 3 N–H and O–H groups in total. The molecule has 6 aromatic rings. The molecule has 38 heavy (non-hydrogen) atoms. The molecule has 0 amide bonds. The predicted octanol–water partition coefficient (Wildman–Crippen LogP) is 5.30. The summed E-state index contributed by atoms with van der Waals surface area (Å²) >= 11 is 0. The van der Waals surface area contributed by atoms with Gasteiger partial charge in [-0.15, -0.1) is 0 Å². The van der Waals surface area contributed by atoms with Gasteiger partial charge in [0.15, 0.2) is 11.5 Å². The van der Waals surface area contributed by atoms with Crippen LogP contribution in [0.4, 0.5) is 0 Å². The third-order valence-electron chi connectivity index (χ3n) is 7.38. The molecular formula is C29H27N9. The zero-order valence-corrected chi connectivity index (χ0v) is 20.9. The number of hydrogen-bond acceptors (Lipinski definition) is 7. The Bertz CT molecular complexity index is 1710. The highest BCUT2D eigenvalue weighted by Crippen LogP contribution is 2.31. The lowest BCUT2D eigenvalue weighted by Gasteiger charge is -2.11. The summed E-state index contributed by atoms with van der Waals surface area (Å²) in [6.45, 7) is 1.88. The number of pyridine rings is 4. The minimum Gasteiger partial charge on any atom is -0.335 e. The Morgan fingerprint density at radius 2 is 1.79 bits per heavy atom. The zero-order valence-electron chi connectivity index (χ0n) is 20.9. The first-order valence-corrected chi connectivity index (χ1v) is 13.1. The van der Waals surface area contributed by atoms with Crippen LogP contribution < -0.4 is 5.32 Å². The molecule has 0 unspecified atom stereocenters. The van der Waals surface area contributed by atoms with Gasteiger partial charge in [0, 0.05) is 54.0 Å². The van der Waals surface area contributed by atoms with Gasteiger partial charge < -0.3 is 10.3 Å². The molecule has 0 aliphatic heterocycles. The number of aromatic nitrogens is 8. The average molecular weight is 502 g/mol. The molecule has 1 fully saturated rings. The highest BCUT2D eigenvalue weighted by Gasteiger charge is 2.17. The fourth-order valence-corrected chi connectivity index (χ4v) is 5.41. The number of H-pyrrole nitrogens is 2. The second-order valence-electron chi connectivity index (χ2n) is 9.93. The van der Waals surface area contributed by atoms with Crippen LogP contribution in [0.25, 0.3) is 56.0 Å². The molecule has 0 atom stereocenters. The molecule has 9 nitrogen and oxygen atoms in total. The van der Waals surface area contributed by atoms with Gasteiger partial charge in [0.2, 0.25) is 0 Å². The molecule has 1 aliphatic rings. The third kappa shape index (κ3) is 4.31. The first-order valence-electron chi connectivity index (χ1n) is 13.1. The Labute approximate surface area is 219 Å². The van der Waals surface area contributed by atoms with Gasteiger partial charge >= 0.3 is 0 Å². The van der Waals surface area contributed by atoms with E-state index in [0.717, 1.165) is 69.1 Å². The van der Waals surface area contributed by atoms with E-state index in [4.69, 9.17) is 4.98 Å². The van der Waals surface area contributed by atoms with Gasteiger partial charge in [-0.1, -0.05) is 12.8 Å². The largest absolute Gasteiger partial charge is 0.335 e. The van der Waals surface area contributed by atoms with E-state index >= 15 is 0 Å². The maximum Gasteiger partial charge on any atom is 0.178 e. The van der Waals surface area contributed by atoms with Crippen molar-refractivity contribution >= 4 is 22.1 Å². The molecule has 0 bridgehead atoms. The number of imidazole rings is 1. The second-order valence-corrected chi connectivity index (χ2v) is 9.93. The summed E-state index contributed by atoms with van der Waals surface area (Å²) < 4.78 is 0. The highest BCUT2D eigenvalue weighted by atomic mass is 15.1. The van der Waals surface area contributed by atoms with Crippen LogP contribution in [0.15, 0.2) is 67.5 Å². The maximum absolute atomic E-state index is 4.77. The predicted molar refractivity (Wildman–Crippen MR) is 147 cm³/mol. The van der Waals surface area contributed by atoms with Crippen LogP contribution in [0, 0.1) is 5.92 Å². The first kappa shape index (κ1) is 22.7. The number of fused-ring (bicyclic) bond motifs is 2. The molecule has 0 saturated heterocycles. The first-order chi connectivity index (χ1) is 18.8. The molecular weight excluding hydrogens is 474 g/mol. The van der Waals surface area contributed by atoms with Gasteiger partial charge in [0.05, 0.1) is 22.9 Å². The van der Waals surface area contributed by atoms with Crippen molar-refractivity contribution in [3.8, 4) is 33.9 Å². The number of rotatable bonds is 7. The van der Waals surface area contributed by atoms with Crippen molar-refractivity contribution in [3.63, 3.8) is 0 Å². The van der Waals surface area contributed by atoms with E-state index in [1.807, 2.05) is 42.9 Å². The quantitative estimate of drug-likeness (QED) is 0.271. The van der Waals surface area contributed by atoms with Crippen molar-refractivity contribution in [1.82, 2.24) is 45.4 Å². The summed E-state index contributed by atoms with van der Waals surface area (Å²) in [5, 5.41) is 12.2. The zero-order chi connectivity index (χ0) is 25.3. The summed E-state index contributed by atoms with van der Waals surface area (Å²) in [5.74, 6) is 1.46. The van der Waals surface area contributed by atoms with Gasteiger partial charge in [-0.25, -0.2) is 9.97 Å². The van der Waals surface area contributed by atoms with Crippen LogP contribution in [0.3, 0.4) is 0 Å². The van der Waals surface area contributed by atoms with Crippen LogP contribution in [-0.4, -0.2) is 46.6 Å². The van der Waals surface area contributed by atoms with E-state index in [1.54, 1.807) is 18.6 Å². The van der Waals surface area contributed by atoms with Crippen molar-refractivity contribution in [2.24, 2.45) is 5.92 Å². The lowest BCUT2D eigenvalue weighted by atomic mass is 10.1. The molecule has 0 spiro atoms. The molecule has 1 aliphatic carbocycles. The van der Waals surface area contributed by atoms with Gasteiger partial charge in [0.1, 0.15) is 5.69 Å². The second kappa shape index (κ2) is 9.75. The summed E-state index contributed by atoms with van der Waals surface area (Å²) in [7, 11) is 0. The smallest absolute Gasteiger partial charge is 0.178 e. The van der Waals surface area contributed by atoms with E-state index in [0.29, 0.717) is 11.5 Å². The van der Waals surface area contributed by atoms with Crippen molar-refractivity contribution in [3.05, 3.63) is 73.1 Å². The molecule has 0 radical (unpaired) electrons. The Hall–Kier alpha value is -4.50. The molecule has 0 aromatic carbocycles. The van der Waals surface area contributed by atoms with E-state index in [2.05, 4.69) is 46.5 Å². The Balaban J connectivity index is 1.20. The molecule has 1 saturated carbocycles. The van der Waals surface area contributed by atoms with E-state index in [1.165, 1.54) is 25.7 Å². The molecule has 7 rings (SSSR count). The molecule has 9 heteroatoms. The van der Waals surface area contributed by atoms with Crippen molar-refractivity contribution < 1.29 is 0 Å². The SMILES string of the molecule is c1cc(-c2ccnc3nc(-c4n[nH]c5cnc(-c6cncc(CNCC7CCCC7)c6)cc45)[nH]c23)ccn1. The number of aromatic amines is 2. The fraction of sp³-hybridized carbons (Fsp3) is 0.241. The standard InChI is InChI=1S/C29H27N9/c1-2-4-18(3-1)13-31-14-19-11-21(16-32-15-19)24-12-23-25(17-34-24)37-38-27(23)29-35-26-22(7-10-33-28(26)36-29)20-5-8-30-9-6-20/h5-12,15-18,31H,1-4,13-14H2,(H,37,38)(H,33,35,36). The number of nitrogens with zero attached hydrogens (tertiary/aromatic N) is 6. The normalized spacial score (nSPS) is 14.1. The minimum atomic E-state index is 0.641. The van der Waals surface area contributed by atoms with Crippen LogP contribution in [0.2, 0.25) is 0 Å².